The van der Waals surface area contributed by atoms with Gasteiger partial charge in [-0.1, -0.05) is 35.9 Å². The first-order valence-corrected chi connectivity index (χ1v) is 12.2. The van der Waals surface area contributed by atoms with E-state index in [1.54, 1.807) is 12.1 Å². The molecule has 8 heteroatoms. The fraction of sp³-hybridized carbons (Fsp3) is 0.462. The van der Waals surface area contributed by atoms with Gasteiger partial charge in [-0.2, -0.15) is 0 Å². The number of piperazine rings is 1. The number of hydrogen-bond donors (Lipinski definition) is 2. The number of benzene rings is 2. The smallest absolute Gasteiger partial charge is 0.314 e. The third kappa shape index (κ3) is 7.18. The van der Waals surface area contributed by atoms with Gasteiger partial charge in [0.1, 0.15) is 5.82 Å². The molecular formula is C26H34ClFN4O2. The Morgan fingerprint density at radius 2 is 1.71 bits per heavy atom. The highest BCUT2D eigenvalue weighted by Crippen LogP contribution is 2.25. The zero-order valence-electron chi connectivity index (χ0n) is 20.1. The van der Waals surface area contributed by atoms with Gasteiger partial charge in [0.15, 0.2) is 0 Å². The molecule has 34 heavy (non-hydrogen) atoms. The number of nitrogens with one attached hydrogen (secondary N) is 2. The summed E-state index contributed by atoms with van der Waals surface area (Å²) in [7, 11) is 0. The molecule has 0 spiro atoms. The second-order valence-corrected chi connectivity index (χ2v) is 9.43. The molecule has 0 radical (unpaired) electrons. The van der Waals surface area contributed by atoms with Gasteiger partial charge in [0, 0.05) is 62.2 Å². The number of amides is 3. The summed E-state index contributed by atoms with van der Waals surface area (Å²) in [5.41, 5.74) is 2.02. The van der Waals surface area contributed by atoms with Crippen molar-refractivity contribution in [2.24, 2.45) is 0 Å². The summed E-state index contributed by atoms with van der Waals surface area (Å²) in [4.78, 5) is 29.6. The fourth-order valence-corrected chi connectivity index (χ4v) is 4.53. The summed E-state index contributed by atoms with van der Waals surface area (Å²) in [6.07, 6.45) is 0.295. The van der Waals surface area contributed by atoms with Crippen molar-refractivity contribution in [2.75, 3.05) is 26.2 Å². The van der Waals surface area contributed by atoms with E-state index in [1.165, 1.54) is 12.1 Å². The molecule has 0 bridgehead atoms. The van der Waals surface area contributed by atoms with E-state index in [9.17, 15) is 14.0 Å². The van der Waals surface area contributed by atoms with Crippen molar-refractivity contribution in [3.8, 4) is 0 Å². The Balaban J connectivity index is 1.65. The SMILES string of the molecule is CCNC(=O)NCC(CC(=O)N1CC(C)N(Cc2ccc(F)cc2)CC1C)c1ccc(Cl)cc1. The lowest BCUT2D eigenvalue weighted by atomic mass is 9.94. The molecule has 1 saturated heterocycles. The van der Waals surface area contributed by atoms with E-state index in [0.717, 1.165) is 24.2 Å². The number of halogens is 2. The lowest BCUT2D eigenvalue weighted by Gasteiger charge is -2.44. The maximum atomic E-state index is 13.4. The largest absolute Gasteiger partial charge is 0.338 e. The van der Waals surface area contributed by atoms with Crippen molar-refractivity contribution in [3.63, 3.8) is 0 Å². The molecule has 1 aliphatic heterocycles. The van der Waals surface area contributed by atoms with Gasteiger partial charge in [-0.05, 0) is 56.2 Å². The van der Waals surface area contributed by atoms with Gasteiger partial charge in [-0.15, -0.1) is 0 Å². The van der Waals surface area contributed by atoms with E-state index in [1.807, 2.05) is 36.1 Å². The number of rotatable bonds is 8. The molecule has 2 N–H and O–H groups in total. The summed E-state index contributed by atoms with van der Waals surface area (Å²) in [6.45, 7) is 9.01. The predicted octanol–water partition coefficient (Wildman–Crippen LogP) is 4.39. The molecule has 3 atom stereocenters. The maximum absolute atomic E-state index is 13.4. The number of urea groups is 1. The van der Waals surface area contributed by atoms with Crippen LogP contribution in [0.4, 0.5) is 9.18 Å². The van der Waals surface area contributed by atoms with E-state index in [4.69, 9.17) is 11.6 Å². The van der Waals surface area contributed by atoms with E-state index >= 15 is 0 Å². The molecule has 6 nitrogen and oxygen atoms in total. The van der Waals surface area contributed by atoms with Crippen molar-refractivity contribution in [1.29, 1.82) is 0 Å². The molecule has 1 heterocycles. The molecule has 1 aliphatic rings. The zero-order chi connectivity index (χ0) is 24.7. The quantitative estimate of drug-likeness (QED) is 0.579. The summed E-state index contributed by atoms with van der Waals surface area (Å²) < 4.78 is 13.2. The van der Waals surface area contributed by atoms with E-state index in [2.05, 4.69) is 29.4 Å². The lowest BCUT2D eigenvalue weighted by molar-refractivity contribution is -0.137. The molecule has 0 aliphatic carbocycles. The minimum absolute atomic E-state index is 0.0476. The van der Waals surface area contributed by atoms with Crippen molar-refractivity contribution >= 4 is 23.5 Å². The molecule has 0 saturated carbocycles. The molecule has 2 aromatic rings. The maximum Gasteiger partial charge on any atom is 0.314 e. The second kappa shape index (κ2) is 12.2. The second-order valence-electron chi connectivity index (χ2n) is 8.99. The average Bonchev–Trinajstić information content (AvgIpc) is 2.81. The molecule has 184 valence electrons. The molecule has 3 amide bonds. The van der Waals surface area contributed by atoms with E-state index < -0.39 is 0 Å². The Kier molecular flexibility index (Phi) is 9.30. The van der Waals surface area contributed by atoms with Crippen molar-refractivity contribution in [1.82, 2.24) is 20.4 Å². The van der Waals surface area contributed by atoms with Crippen LogP contribution in [0.2, 0.25) is 5.02 Å². The van der Waals surface area contributed by atoms with Crippen LogP contribution >= 0.6 is 11.6 Å². The predicted molar refractivity (Wildman–Crippen MR) is 133 cm³/mol. The Labute approximate surface area is 206 Å². The summed E-state index contributed by atoms with van der Waals surface area (Å²) in [5.74, 6) is -0.331. The molecular weight excluding hydrogens is 455 g/mol. The third-order valence-corrected chi connectivity index (χ3v) is 6.60. The average molecular weight is 489 g/mol. The lowest BCUT2D eigenvalue weighted by Crippen LogP contribution is -2.57. The fourth-order valence-electron chi connectivity index (χ4n) is 4.40. The van der Waals surface area contributed by atoms with Crippen LogP contribution in [0, 0.1) is 5.82 Å². The first-order valence-electron chi connectivity index (χ1n) is 11.8. The van der Waals surface area contributed by atoms with Gasteiger partial charge in [0.05, 0.1) is 0 Å². The number of hydrogen-bond acceptors (Lipinski definition) is 3. The summed E-state index contributed by atoms with van der Waals surface area (Å²) in [5, 5.41) is 6.23. The normalized spacial score (nSPS) is 19.5. The van der Waals surface area contributed by atoms with E-state index in [-0.39, 0.29) is 35.8 Å². The Bertz CT molecular complexity index is 954. The minimum Gasteiger partial charge on any atom is -0.338 e. The van der Waals surface area contributed by atoms with Crippen LogP contribution in [0.5, 0.6) is 0 Å². The molecule has 1 fully saturated rings. The standard InChI is InChI=1S/C26H34ClFN4O2/c1-4-29-26(34)30-14-22(21-7-9-23(27)10-8-21)13-25(33)32-16-18(2)31(15-19(32)3)17-20-5-11-24(28)12-6-20/h5-12,18-19,22H,4,13-17H2,1-3H3,(H2,29,30,34). The van der Waals surface area contributed by atoms with Gasteiger partial charge >= 0.3 is 6.03 Å². The zero-order valence-corrected chi connectivity index (χ0v) is 20.8. The van der Waals surface area contributed by atoms with Crippen LogP contribution in [-0.2, 0) is 11.3 Å². The van der Waals surface area contributed by atoms with Crippen molar-refractivity contribution < 1.29 is 14.0 Å². The third-order valence-electron chi connectivity index (χ3n) is 6.34. The van der Waals surface area contributed by atoms with Crippen LogP contribution in [0.1, 0.15) is 44.2 Å². The topological polar surface area (TPSA) is 64.7 Å². The van der Waals surface area contributed by atoms with Gasteiger partial charge in [0.25, 0.3) is 0 Å². The first kappa shape index (κ1) is 26.0. The minimum atomic E-state index is -0.245. The van der Waals surface area contributed by atoms with Gasteiger partial charge < -0.3 is 15.5 Å². The van der Waals surface area contributed by atoms with Gasteiger partial charge in [0.2, 0.25) is 5.91 Å². The number of nitrogens with zero attached hydrogens (tertiary/aromatic N) is 2. The molecule has 3 unspecified atom stereocenters. The molecule has 0 aromatic heterocycles. The molecule has 3 rings (SSSR count). The number of carbonyl (C=O) groups is 2. The van der Waals surface area contributed by atoms with Gasteiger partial charge in [-0.3, -0.25) is 9.69 Å². The highest BCUT2D eigenvalue weighted by Gasteiger charge is 2.33. The van der Waals surface area contributed by atoms with Crippen LogP contribution in [0.15, 0.2) is 48.5 Å². The van der Waals surface area contributed by atoms with Crippen LogP contribution in [-0.4, -0.2) is 60.0 Å². The summed E-state index contributed by atoms with van der Waals surface area (Å²) >= 11 is 6.05. The van der Waals surface area contributed by atoms with Crippen LogP contribution < -0.4 is 10.6 Å². The van der Waals surface area contributed by atoms with Crippen LogP contribution in [0.3, 0.4) is 0 Å². The van der Waals surface area contributed by atoms with Crippen molar-refractivity contribution in [2.45, 2.75) is 51.7 Å². The molecule has 2 aromatic carbocycles. The van der Waals surface area contributed by atoms with Gasteiger partial charge in [-0.25, -0.2) is 9.18 Å². The van der Waals surface area contributed by atoms with Crippen molar-refractivity contribution in [3.05, 3.63) is 70.5 Å². The summed E-state index contributed by atoms with van der Waals surface area (Å²) in [6, 6.07) is 14.0. The van der Waals surface area contributed by atoms with E-state index in [0.29, 0.717) is 31.1 Å². The Morgan fingerprint density at radius 3 is 2.35 bits per heavy atom. The Hall–Kier alpha value is -2.64. The Morgan fingerprint density at radius 1 is 1.03 bits per heavy atom. The number of carbonyl (C=O) groups excluding carboxylic acids is 2. The highest BCUT2D eigenvalue weighted by molar-refractivity contribution is 6.30. The first-order chi connectivity index (χ1) is 16.3. The highest BCUT2D eigenvalue weighted by atomic mass is 35.5. The van der Waals surface area contributed by atoms with Crippen LogP contribution in [0.25, 0.3) is 0 Å². The monoisotopic (exact) mass is 488 g/mol.